The average Bonchev–Trinajstić information content (AvgIpc) is 3.05. The average molecular weight is 514 g/mol. The molecule has 0 amide bonds. The van der Waals surface area contributed by atoms with Crippen LogP contribution >= 0.6 is 0 Å². The first kappa shape index (κ1) is 26.0. The zero-order chi connectivity index (χ0) is 27.0. The van der Waals surface area contributed by atoms with E-state index >= 15 is 4.39 Å². The molecule has 1 heterocycles. The maximum Gasteiger partial charge on any atom is 0.336 e. The van der Waals surface area contributed by atoms with Crippen molar-refractivity contribution in [3.63, 3.8) is 0 Å². The number of fused-ring (bicyclic) bond motifs is 5. The molecule has 7 nitrogen and oxygen atoms in total. The molecule has 2 N–H and O–H groups in total. The largest absolute Gasteiger partial charge is 0.454 e. The third-order valence-corrected chi connectivity index (χ3v) is 10.3. The fourth-order valence-corrected chi connectivity index (χ4v) is 8.30. The van der Waals surface area contributed by atoms with Gasteiger partial charge in [0.05, 0.1) is 11.7 Å². The van der Waals surface area contributed by atoms with Crippen LogP contribution in [0.15, 0.2) is 47.9 Å². The highest BCUT2D eigenvalue weighted by atomic mass is 19.1. The molecule has 0 bridgehead atoms. The van der Waals surface area contributed by atoms with Crippen LogP contribution in [0.3, 0.4) is 0 Å². The minimum atomic E-state index is -2.04. The predicted octanol–water partition coefficient (Wildman–Crippen LogP) is 3.18. The van der Waals surface area contributed by atoms with Gasteiger partial charge < -0.3 is 19.8 Å². The number of carbonyl (C=O) groups excluding carboxylic acids is 3. The van der Waals surface area contributed by atoms with Crippen LogP contribution in [0.4, 0.5) is 4.39 Å². The maximum atomic E-state index is 17.2. The van der Waals surface area contributed by atoms with Crippen LogP contribution < -0.4 is 0 Å². The van der Waals surface area contributed by atoms with Crippen LogP contribution in [-0.2, 0) is 19.1 Å². The highest BCUT2D eigenvalue weighted by Gasteiger charge is 2.75. The number of allylic oxidation sites excluding steroid dienone is 5. The standard InChI is InChI=1S/C29H36FNO6/c1-17-12-22-21-8-7-19-13-20(32)9-10-26(19,2)28(21,30)23(33)14-27(22,3)29(17,36)24(34)16-37-25(35)18-6-5-11-31(4)15-18/h5,9-11,13,15,17,21-23,33,36H,6-8,12,14,16H2,1-4H3/t17?,21-,22-,23-,26-,27-,28?,29-/m0/s1. The Labute approximate surface area is 216 Å². The van der Waals surface area contributed by atoms with E-state index in [1.807, 2.05) is 12.3 Å². The topological polar surface area (TPSA) is 104 Å². The molecule has 5 rings (SSSR count). The van der Waals surface area contributed by atoms with E-state index in [1.54, 1.807) is 45.0 Å². The lowest BCUT2D eigenvalue weighted by molar-refractivity contribution is -0.219. The minimum absolute atomic E-state index is 0.114. The molecule has 200 valence electrons. The fourth-order valence-electron chi connectivity index (χ4n) is 8.30. The number of aliphatic hydroxyl groups excluding tert-OH is 1. The quantitative estimate of drug-likeness (QED) is 0.557. The SMILES string of the molecule is CC1C[C@H]2[C@@H]3CCC4=CC(=O)C=C[C@]4(C)C3(F)[C@@H](O)C[C@]2(C)[C@@]1(O)C(=O)COC(=O)C1=CN(C)C=CC1. The summed E-state index contributed by atoms with van der Waals surface area (Å²) < 4.78 is 22.6. The first-order valence-corrected chi connectivity index (χ1v) is 13.1. The smallest absolute Gasteiger partial charge is 0.336 e. The molecule has 5 aliphatic rings. The number of rotatable bonds is 4. The van der Waals surface area contributed by atoms with E-state index in [0.717, 1.165) is 0 Å². The number of aliphatic hydroxyl groups is 2. The molecule has 3 fully saturated rings. The van der Waals surface area contributed by atoms with Gasteiger partial charge in [-0.25, -0.2) is 9.18 Å². The van der Waals surface area contributed by atoms with E-state index in [2.05, 4.69) is 0 Å². The Morgan fingerprint density at radius 1 is 1.27 bits per heavy atom. The van der Waals surface area contributed by atoms with Gasteiger partial charge in [-0.15, -0.1) is 0 Å². The highest BCUT2D eigenvalue weighted by Crippen LogP contribution is 2.70. The Balaban J connectivity index is 1.42. The summed E-state index contributed by atoms with van der Waals surface area (Å²) in [6.07, 6.45) is 9.86. The van der Waals surface area contributed by atoms with Crippen molar-refractivity contribution in [2.75, 3.05) is 13.7 Å². The summed E-state index contributed by atoms with van der Waals surface area (Å²) in [5.74, 6) is -2.92. The number of Topliss-reactive ketones (excluding diaryl/α,β-unsaturated/α-hetero) is 1. The van der Waals surface area contributed by atoms with Crippen molar-refractivity contribution in [1.82, 2.24) is 4.90 Å². The number of nitrogens with zero attached hydrogens (tertiary/aromatic N) is 1. The lowest BCUT2D eigenvalue weighted by Gasteiger charge is -2.62. The number of ketones is 2. The molecule has 4 aliphatic carbocycles. The van der Waals surface area contributed by atoms with Crippen LogP contribution in [0.2, 0.25) is 0 Å². The zero-order valence-corrected chi connectivity index (χ0v) is 21.9. The predicted molar refractivity (Wildman–Crippen MR) is 133 cm³/mol. The number of alkyl halides is 1. The third-order valence-electron chi connectivity index (χ3n) is 10.3. The van der Waals surface area contributed by atoms with E-state index in [4.69, 9.17) is 4.74 Å². The lowest BCUT2D eigenvalue weighted by atomic mass is 9.44. The van der Waals surface area contributed by atoms with Gasteiger partial charge in [-0.05, 0) is 62.8 Å². The summed E-state index contributed by atoms with van der Waals surface area (Å²) in [6, 6.07) is 0. The molecule has 0 radical (unpaired) electrons. The Kier molecular flexibility index (Phi) is 5.96. The van der Waals surface area contributed by atoms with Crippen molar-refractivity contribution >= 4 is 17.5 Å². The van der Waals surface area contributed by atoms with Gasteiger partial charge in [0.15, 0.2) is 18.1 Å². The maximum absolute atomic E-state index is 17.2. The van der Waals surface area contributed by atoms with Crippen molar-refractivity contribution < 1.29 is 33.7 Å². The van der Waals surface area contributed by atoms with Crippen LogP contribution in [0, 0.1) is 28.6 Å². The molecular formula is C29H36FNO6. The van der Waals surface area contributed by atoms with Gasteiger partial charge in [0, 0.05) is 36.4 Å². The number of ether oxygens (including phenoxy) is 1. The van der Waals surface area contributed by atoms with Gasteiger partial charge in [-0.1, -0.05) is 31.6 Å². The number of hydrogen-bond acceptors (Lipinski definition) is 7. The van der Waals surface area contributed by atoms with Gasteiger partial charge in [0.1, 0.15) is 5.60 Å². The van der Waals surface area contributed by atoms with E-state index in [1.165, 1.54) is 12.2 Å². The van der Waals surface area contributed by atoms with E-state index in [9.17, 15) is 24.6 Å². The summed E-state index contributed by atoms with van der Waals surface area (Å²) in [7, 11) is 1.78. The first-order chi connectivity index (χ1) is 17.3. The molecule has 2 unspecified atom stereocenters. The molecule has 3 saturated carbocycles. The normalized spacial score (nSPS) is 44.4. The monoisotopic (exact) mass is 513 g/mol. The molecule has 8 atom stereocenters. The van der Waals surface area contributed by atoms with Gasteiger partial charge >= 0.3 is 5.97 Å². The Bertz CT molecular complexity index is 1170. The van der Waals surface area contributed by atoms with E-state index in [0.29, 0.717) is 36.8 Å². The molecule has 1 aliphatic heterocycles. The molecular weight excluding hydrogens is 477 g/mol. The summed E-state index contributed by atoms with van der Waals surface area (Å²) in [5.41, 5.74) is -5.07. The molecule has 0 spiro atoms. The second-order valence-electron chi connectivity index (χ2n) is 12.1. The van der Waals surface area contributed by atoms with Gasteiger partial charge in [0.2, 0.25) is 5.78 Å². The molecule has 0 saturated heterocycles. The Morgan fingerprint density at radius 3 is 2.70 bits per heavy atom. The fraction of sp³-hybridized carbons (Fsp3) is 0.621. The van der Waals surface area contributed by atoms with Crippen molar-refractivity contribution in [3.8, 4) is 0 Å². The Morgan fingerprint density at radius 2 is 2.00 bits per heavy atom. The van der Waals surface area contributed by atoms with E-state index < -0.39 is 58.4 Å². The van der Waals surface area contributed by atoms with Gasteiger partial charge in [-0.2, -0.15) is 0 Å². The third kappa shape index (κ3) is 3.41. The second-order valence-corrected chi connectivity index (χ2v) is 12.1. The van der Waals surface area contributed by atoms with Crippen LogP contribution in [0.1, 0.15) is 52.9 Å². The molecule has 0 aromatic rings. The highest BCUT2D eigenvalue weighted by molar-refractivity contribution is 6.01. The summed E-state index contributed by atoms with van der Waals surface area (Å²) in [4.78, 5) is 39.9. The van der Waals surface area contributed by atoms with Crippen molar-refractivity contribution in [3.05, 3.63) is 47.9 Å². The van der Waals surface area contributed by atoms with Crippen LogP contribution in [0.25, 0.3) is 0 Å². The van der Waals surface area contributed by atoms with Crippen LogP contribution in [0.5, 0.6) is 0 Å². The van der Waals surface area contributed by atoms with Gasteiger partial charge in [-0.3, -0.25) is 9.59 Å². The summed E-state index contributed by atoms with van der Waals surface area (Å²) >= 11 is 0. The Hall–Kier alpha value is -2.58. The second kappa shape index (κ2) is 8.46. The summed E-state index contributed by atoms with van der Waals surface area (Å²) in [6.45, 7) is 4.68. The van der Waals surface area contributed by atoms with Crippen LogP contribution in [-0.4, -0.2) is 63.7 Å². The van der Waals surface area contributed by atoms with E-state index in [-0.39, 0.29) is 18.1 Å². The molecule has 8 heteroatoms. The van der Waals surface area contributed by atoms with Crippen molar-refractivity contribution in [2.45, 2.75) is 70.2 Å². The zero-order valence-electron chi connectivity index (χ0n) is 21.9. The van der Waals surface area contributed by atoms with Gasteiger partial charge in [0.25, 0.3) is 0 Å². The molecule has 37 heavy (non-hydrogen) atoms. The number of hydrogen-bond donors (Lipinski definition) is 2. The van der Waals surface area contributed by atoms with Crippen molar-refractivity contribution in [1.29, 1.82) is 0 Å². The molecule has 0 aromatic carbocycles. The lowest BCUT2D eigenvalue weighted by Crippen LogP contribution is -2.69. The number of esters is 1. The number of carbonyl (C=O) groups is 3. The van der Waals surface area contributed by atoms with Crippen molar-refractivity contribution in [2.24, 2.45) is 28.6 Å². The first-order valence-electron chi connectivity index (χ1n) is 13.1. The number of halogens is 1. The molecule has 0 aromatic heterocycles. The minimum Gasteiger partial charge on any atom is -0.454 e. The summed E-state index contributed by atoms with van der Waals surface area (Å²) in [5, 5.41) is 23.4.